The van der Waals surface area contributed by atoms with Crippen LogP contribution in [0, 0.1) is 0 Å². The molecule has 0 heterocycles. The molecule has 0 aromatic carbocycles. The molecule has 0 aromatic heterocycles. The summed E-state index contributed by atoms with van der Waals surface area (Å²) in [5.41, 5.74) is 0. The lowest BCUT2D eigenvalue weighted by atomic mass is 10.3. The summed E-state index contributed by atoms with van der Waals surface area (Å²) in [5.74, 6) is -1.98. The number of carbonyl (C=O) groups is 3. The van der Waals surface area contributed by atoms with Crippen LogP contribution in [0.5, 0.6) is 0 Å². The Kier molecular flexibility index (Phi) is 4.72. The second-order valence-electron chi connectivity index (χ2n) is 2.64. The molecule has 0 radical (unpaired) electrons. The summed E-state index contributed by atoms with van der Waals surface area (Å²) in [5, 5.41) is 8.23. The molecule has 5 nitrogen and oxygen atoms in total. The number of aliphatic carboxylic acids is 1. The van der Waals surface area contributed by atoms with Gasteiger partial charge in [-0.15, -0.1) is 0 Å². The zero-order valence-corrected chi connectivity index (χ0v) is 7.57. The van der Waals surface area contributed by atoms with Crippen molar-refractivity contribution in [2.45, 2.75) is 32.8 Å². The number of ketones is 1. The van der Waals surface area contributed by atoms with Crippen molar-refractivity contribution >= 4 is 17.7 Å². The van der Waals surface area contributed by atoms with Crippen molar-refractivity contribution in [1.29, 1.82) is 0 Å². The summed E-state index contributed by atoms with van der Waals surface area (Å²) in [6.45, 7) is 2.75. The van der Waals surface area contributed by atoms with Crippen LogP contribution >= 0.6 is 0 Å². The molecule has 0 rings (SSSR count). The highest BCUT2D eigenvalue weighted by Crippen LogP contribution is 1.98. The van der Waals surface area contributed by atoms with Gasteiger partial charge in [-0.1, -0.05) is 0 Å². The lowest BCUT2D eigenvalue weighted by molar-refractivity contribution is -0.155. The number of carboxylic acid groups (broad SMARTS) is 1. The third kappa shape index (κ3) is 5.84. The maximum Gasteiger partial charge on any atom is 0.307 e. The molecule has 1 unspecified atom stereocenters. The van der Waals surface area contributed by atoms with Crippen LogP contribution in [-0.4, -0.2) is 28.9 Å². The number of rotatable bonds is 5. The normalized spacial score (nSPS) is 11.8. The maximum absolute atomic E-state index is 10.8. The van der Waals surface area contributed by atoms with Gasteiger partial charge in [0, 0.05) is 0 Å². The molecular weight excluding hydrogens is 176 g/mol. The van der Waals surface area contributed by atoms with Gasteiger partial charge in [-0.3, -0.25) is 14.4 Å². The lowest BCUT2D eigenvalue weighted by Gasteiger charge is -2.08. The molecule has 0 aliphatic heterocycles. The molecule has 0 bridgehead atoms. The lowest BCUT2D eigenvalue weighted by Crippen LogP contribution is -2.22. The van der Waals surface area contributed by atoms with E-state index in [1.165, 1.54) is 13.8 Å². The van der Waals surface area contributed by atoms with Gasteiger partial charge in [-0.05, 0) is 13.8 Å². The fourth-order valence-electron chi connectivity index (χ4n) is 0.548. The van der Waals surface area contributed by atoms with Gasteiger partial charge < -0.3 is 9.84 Å². The summed E-state index contributed by atoms with van der Waals surface area (Å²) in [6.07, 6.45) is -1.27. The van der Waals surface area contributed by atoms with E-state index in [-0.39, 0.29) is 18.6 Å². The van der Waals surface area contributed by atoms with Crippen LogP contribution in [0.15, 0.2) is 0 Å². The van der Waals surface area contributed by atoms with Gasteiger partial charge in [0.15, 0.2) is 11.9 Å². The molecule has 74 valence electrons. The van der Waals surface area contributed by atoms with E-state index in [4.69, 9.17) is 5.11 Å². The van der Waals surface area contributed by atoms with Crippen LogP contribution in [0.25, 0.3) is 0 Å². The number of carboxylic acids is 1. The first-order valence-corrected chi connectivity index (χ1v) is 3.85. The smallest absolute Gasteiger partial charge is 0.307 e. The van der Waals surface area contributed by atoms with E-state index in [1.807, 2.05) is 0 Å². The summed E-state index contributed by atoms with van der Waals surface area (Å²) in [4.78, 5) is 31.5. The third-order valence-corrected chi connectivity index (χ3v) is 1.42. The molecule has 13 heavy (non-hydrogen) atoms. The zero-order chi connectivity index (χ0) is 10.4. The second kappa shape index (κ2) is 5.29. The van der Waals surface area contributed by atoms with Crippen LogP contribution in [-0.2, 0) is 19.1 Å². The van der Waals surface area contributed by atoms with Crippen LogP contribution in [0.3, 0.4) is 0 Å². The number of hydrogen-bond donors (Lipinski definition) is 1. The topological polar surface area (TPSA) is 80.7 Å². The molecule has 0 aliphatic carbocycles. The Morgan fingerprint density at radius 1 is 1.31 bits per heavy atom. The van der Waals surface area contributed by atoms with Crippen molar-refractivity contribution in [3.8, 4) is 0 Å². The second-order valence-corrected chi connectivity index (χ2v) is 2.64. The molecule has 5 heteroatoms. The van der Waals surface area contributed by atoms with E-state index in [1.54, 1.807) is 0 Å². The highest BCUT2D eigenvalue weighted by atomic mass is 16.5. The SMILES string of the molecule is CC(=O)C(C)OC(=O)CCC(=O)O. The van der Waals surface area contributed by atoms with Gasteiger partial charge in [-0.2, -0.15) is 0 Å². The highest BCUT2D eigenvalue weighted by Gasteiger charge is 2.14. The van der Waals surface area contributed by atoms with E-state index >= 15 is 0 Å². The summed E-state index contributed by atoms with van der Waals surface area (Å²) in [7, 11) is 0. The van der Waals surface area contributed by atoms with Crippen molar-refractivity contribution in [1.82, 2.24) is 0 Å². The largest absolute Gasteiger partial charge is 0.481 e. The monoisotopic (exact) mass is 188 g/mol. The quantitative estimate of drug-likeness (QED) is 0.630. The minimum absolute atomic E-state index is 0.201. The van der Waals surface area contributed by atoms with Crippen LogP contribution in [0.4, 0.5) is 0 Å². The van der Waals surface area contributed by atoms with Crippen LogP contribution in [0.1, 0.15) is 26.7 Å². The van der Waals surface area contributed by atoms with E-state index in [2.05, 4.69) is 4.74 Å². The molecule has 0 amide bonds. The van der Waals surface area contributed by atoms with Gasteiger partial charge in [0.2, 0.25) is 0 Å². The van der Waals surface area contributed by atoms with E-state index < -0.39 is 18.0 Å². The van der Waals surface area contributed by atoms with Gasteiger partial charge in [-0.25, -0.2) is 0 Å². The van der Waals surface area contributed by atoms with Gasteiger partial charge >= 0.3 is 11.9 Å². The summed E-state index contributed by atoms with van der Waals surface area (Å²) in [6, 6.07) is 0. The Bertz CT molecular complexity index is 221. The summed E-state index contributed by atoms with van der Waals surface area (Å²) >= 11 is 0. The highest BCUT2D eigenvalue weighted by molar-refractivity contribution is 5.83. The van der Waals surface area contributed by atoms with Crippen molar-refractivity contribution in [2.75, 3.05) is 0 Å². The molecule has 1 atom stereocenters. The van der Waals surface area contributed by atoms with Crippen molar-refractivity contribution in [2.24, 2.45) is 0 Å². The van der Waals surface area contributed by atoms with Crippen LogP contribution in [0.2, 0.25) is 0 Å². The average Bonchev–Trinajstić information content (AvgIpc) is 2.00. The standard InChI is InChI=1S/C8H12O5/c1-5(9)6(2)13-8(12)4-3-7(10)11/h6H,3-4H2,1-2H3,(H,10,11). The number of esters is 1. The molecule has 0 fully saturated rings. The molecule has 0 spiro atoms. The average molecular weight is 188 g/mol. The Hall–Kier alpha value is -1.39. The van der Waals surface area contributed by atoms with E-state index in [0.29, 0.717) is 0 Å². The van der Waals surface area contributed by atoms with E-state index in [9.17, 15) is 14.4 Å². The van der Waals surface area contributed by atoms with Crippen molar-refractivity contribution in [3.05, 3.63) is 0 Å². The molecule has 1 N–H and O–H groups in total. The van der Waals surface area contributed by atoms with Crippen molar-refractivity contribution < 1.29 is 24.2 Å². The fourth-order valence-corrected chi connectivity index (χ4v) is 0.548. The number of hydrogen-bond acceptors (Lipinski definition) is 4. The minimum Gasteiger partial charge on any atom is -0.481 e. The first-order chi connectivity index (χ1) is 5.93. The first-order valence-electron chi connectivity index (χ1n) is 3.85. The fraction of sp³-hybridized carbons (Fsp3) is 0.625. The molecule has 0 aliphatic rings. The predicted molar refractivity (Wildman–Crippen MR) is 43.1 cm³/mol. The molecular formula is C8H12O5. The van der Waals surface area contributed by atoms with Gasteiger partial charge in [0.25, 0.3) is 0 Å². The number of ether oxygens (including phenoxy) is 1. The van der Waals surface area contributed by atoms with Crippen LogP contribution < -0.4 is 0 Å². The Morgan fingerprint density at radius 2 is 1.85 bits per heavy atom. The molecule has 0 saturated heterocycles. The number of carbonyl (C=O) groups excluding carboxylic acids is 2. The Morgan fingerprint density at radius 3 is 2.23 bits per heavy atom. The van der Waals surface area contributed by atoms with Crippen molar-refractivity contribution in [3.63, 3.8) is 0 Å². The molecule has 0 saturated carbocycles. The van der Waals surface area contributed by atoms with Gasteiger partial charge in [0.1, 0.15) is 0 Å². The molecule has 0 aromatic rings. The first kappa shape index (κ1) is 11.6. The zero-order valence-electron chi connectivity index (χ0n) is 7.57. The predicted octanol–water partition coefficient (Wildman–Crippen LogP) is 0.372. The third-order valence-electron chi connectivity index (χ3n) is 1.42. The maximum atomic E-state index is 10.8. The Labute approximate surface area is 75.7 Å². The summed E-state index contributed by atoms with van der Waals surface area (Å²) < 4.78 is 4.61. The number of Topliss-reactive ketones (excluding diaryl/α,β-unsaturated/α-hetero) is 1. The minimum atomic E-state index is -1.06. The Balaban J connectivity index is 3.74. The van der Waals surface area contributed by atoms with E-state index in [0.717, 1.165) is 0 Å². The van der Waals surface area contributed by atoms with Gasteiger partial charge in [0.05, 0.1) is 12.8 Å².